The van der Waals surface area contributed by atoms with Gasteiger partial charge in [-0.25, -0.2) is 0 Å². The Morgan fingerprint density at radius 2 is 1.57 bits per heavy atom. The zero-order valence-electron chi connectivity index (χ0n) is 3.67. The minimum Gasteiger partial charge on any atom is -0.337 e. The van der Waals surface area contributed by atoms with Crippen LogP contribution in [0.4, 0.5) is 0 Å². The molecule has 3 nitrogen and oxygen atoms in total. The van der Waals surface area contributed by atoms with E-state index in [1.54, 1.807) is 0 Å². The van der Waals surface area contributed by atoms with E-state index in [4.69, 9.17) is 4.55 Å². The smallest absolute Gasteiger partial charge is 0.278 e. The molecule has 1 saturated heterocycles. The van der Waals surface area contributed by atoms with Crippen LogP contribution in [-0.4, -0.2) is 21.0 Å². The van der Waals surface area contributed by atoms with E-state index in [2.05, 4.69) is 0 Å². The first-order valence-electron chi connectivity index (χ1n) is 1.66. The topological polar surface area (TPSA) is 54.4 Å². The Morgan fingerprint density at radius 1 is 1.43 bits per heavy atom. The van der Waals surface area contributed by atoms with Crippen molar-refractivity contribution in [2.24, 2.45) is 0 Å². The molecule has 0 unspecified atom stereocenters. The molecule has 0 radical (unpaired) electrons. The summed E-state index contributed by atoms with van der Waals surface area (Å²) in [5, 5.41) is -1.18. The molecule has 0 aromatic rings. The fourth-order valence-corrected chi connectivity index (χ4v) is 1.08. The maximum Gasteiger partial charge on any atom is 0.278 e. The lowest BCUT2D eigenvalue weighted by Crippen LogP contribution is -1.69. The highest BCUT2D eigenvalue weighted by atomic mass is 32.3. The zero-order valence-corrected chi connectivity index (χ0v) is 4.49. The molecule has 0 aromatic heterocycles. The molecule has 0 aromatic carbocycles. The summed E-state index contributed by atoms with van der Waals surface area (Å²) in [7, 11) is -2.35. The summed E-state index contributed by atoms with van der Waals surface area (Å²) in [4.78, 5) is 20.0. The van der Waals surface area contributed by atoms with Gasteiger partial charge in [-0.3, -0.25) is 9.59 Å². The van der Waals surface area contributed by atoms with Crippen molar-refractivity contribution in [3.05, 3.63) is 0 Å². The van der Waals surface area contributed by atoms with Crippen molar-refractivity contribution in [2.45, 2.75) is 0 Å². The van der Waals surface area contributed by atoms with Crippen LogP contribution in [0.5, 0.6) is 0 Å². The van der Waals surface area contributed by atoms with Crippen molar-refractivity contribution in [3.8, 4) is 0 Å². The molecular weight excluding hydrogens is 116 g/mol. The number of carbonyl (C=O) groups is 2. The Labute approximate surface area is 41.8 Å². The molecule has 1 N–H and O–H groups in total. The first-order valence-corrected chi connectivity index (χ1v) is 3.66. The summed E-state index contributed by atoms with van der Waals surface area (Å²) >= 11 is 0. The number of rotatable bonds is 0. The normalized spacial score (nSPS) is 30.0. The van der Waals surface area contributed by atoms with Crippen molar-refractivity contribution >= 4 is 20.5 Å². The van der Waals surface area contributed by atoms with Crippen LogP contribution in [0, 0.1) is 0 Å². The highest BCUT2D eigenvalue weighted by molar-refractivity contribution is 8.66. The van der Waals surface area contributed by atoms with Crippen LogP contribution in [0.1, 0.15) is 0 Å². The Balaban J connectivity index is 2.90. The number of hydrogen-bond acceptors (Lipinski definition) is 3. The summed E-state index contributed by atoms with van der Waals surface area (Å²) in [6, 6.07) is 0. The van der Waals surface area contributed by atoms with Gasteiger partial charge >= 0.3 is 0 Å². The maximum absolute atomic E-state index is 9.98. The van der Waals surface area contributed by atoms with Crippen LogP contribution in [0.25, 0.3) is 0 Å². The van der Waals surface area contributed by atoms with E-state index in [1.165, 1.54) is 6.26 Å². The van der Waals surface area contributed by atoms with Crippen molar-refractivity contribution < 1.29 is 14.1 Å². The molecule has 1 aliphatic heterocycles. The lowest BCUT2D eigenvalue weighted by atomic mass is 10.9. The lowest BCUT2D eigenvalue weighted by molar-refractivity contribution is -0.122. The van der Waals surface area contributed by atoms with Crippen LogP contribution in [0.2, 0.25) is 0 Å². The summed E-state index contributed by atoms with van der Waals surface area (Å²) in [6.45, 7) is 0. The molecule has 1 aliphatic rings. The summed E-state index contributed by atoms with van der Waals surface area (Å²) < 4.78 is 8.55. The van der Waals surface area contributed by atoms with E-state index in [9.17, 15) is 9.59 Å². The second kappa shape index (κ2) is 0.900. The van der Waals surface area contributed by atoms with Gasteiger partial charge in [0.1, 0.15) is 0 Å². The van der Waals surface area contributed by atoms with Crippen LogP contribution in [-0.2, 0) is 9.59 Å². The maximum atomic E-state index is 9.98. The van der Waals surface area contributed by atoms with Crippen molar-refractivity contribution in [3.63, 3.8) is 0 Å². The Hall–Kier alpha value is -0.350. The molecule has 1 heterocycles. The van der Waals surface area contributed by atoms with Crippen LogP contribution in [0.3, 0.4) is 0 Å². The highest BCUT2D eigenvalue weighted by Gasteiger charge is 2.56. The molecule has 0 bridgehead atoms. The van der Waals surface area contributed by atoms with Gasteiger partial charge in [-0.1, -0.05) is 0 Å². The van der Waals surface area contributed by atoms with E-state index in [0.29, 0.717) is 0 Å². The molecule has 0 spiro atoms. The summed E-state index contributed by atoms with van der Waals surface area (Å²) in [6.07, 6.45) is 1.28. The van der Waals surface area contributed by atoms with E-state index < -0.39 is 20.5 Å². The molecular formula is C3H4O3S. The van der Waals surface area contributed by atoms with E-state index in [1.807, 2.05) is 0 Å². The van der Waals surface area contributed by atoms with Gasteiger partial charge < -0.3 is 4.55 Å². The average molecular weight is 120 g/mol. The average Bonchev–Trinajstić information content (AvgIpc) is 1.91. The van der Waals surface area contributed by atoms with E-state index in [0.717, 1.165) is 0 Å². The third-order valence-corrected chi connectivity index (χ3v) is 2.46. The predicted octanol–water partition coefficient (Wildman–Crippen LogP) is -0.0394. The van der Waals surface area contributed by atoms with Crippen LogP contribution in [0.15, 0.2) is 0 Å². The molecule has 0 aliphatic carbocycles. The van der Waals surface area contributed by atoms with Gasteiger partial charge in [-0.2, -0.15) is 0 Å². The predicted molar refractivity (Wildman–Crippen MR) is 26.2 cm³/mol. The SMILES string of the molecule is CS1(O)C(=O)C1=O. The first-order chi connectivity index (χ1) is 3.07. The fourth-order valence-electron chi connectivity index (χ4n) is 0.240. The van der Waals surface area contributed by atoms with Gasteiger partial charge in [0.2, 0.25) is 0 Å². The minimum absolute atomic E-state index is 0.590. The van der Waals surface area contributed by atoms with Gasteiger partial charge in [0, 0.05) is 6.26 Å². The van der Waals surface area contributed by atoms with Crippen LogP contribution < -0.4 is 0 Å². The van der Waals surface area contributed by atoms with Gasteiger partial charge in [0.25, 0.3) is 10.2 Å². The largest absolute Gasteiger partial charge is 0.337 e. The van der Waals surface area contributed by atoms with Gasteiger partial charge in [0.15, 0.2) is 0 Å². The van der Waals surface area contributed by atoms with Gasteiger partial charge in [-0.05, 0) is 10.3 Å². The van der Waals surface area contributed by atoms with Crippen molar-refractivity contribution in [1.82, 2.24) is 0 Å². The third-order valence-electron chi connectivity index (χ3n) is 0.847. The summed E-state index contributed by atoms with van der Waals surface area (Å²) in [5.41, 5.74) is 0. The Kier molecular flexibility index (Phi) is 0.617. The zero-order chi connectivity index (χ0) is 5.65. The quantitative estimate of drug-likeness (QED) is 0.360. The fraction of sp³-hybridized carbons (Fsp3) is 0.333. The van der Waals surface area contributed by atoms with Crippen molar-refractivity contribution in [1.29, 1.82) is 0 Å². The third kappa shape index (κ3) is 0.404. The second-order valence-corrected chi connectivity index (χ2v) is 3.94. The Bertz CT molecular complexity index is 132. The molecule has 0 amide bonds. The molecule has 7 heavy (non-hydrogen) atoms. The first kappa shape index (κ1) is 4.80. The van der Waals surface area contributed by atoms with E-state index in [-0.39, 0.29) is 0 Å². The molecule has 0 saturated carbocycles. The minimum atomic E-state index is -2.35. The highest BCUT2D eigenvalue weighted by Crippen LogP contribution is 2.57. The van der Waals surface area contributed by atoms with Crippen LogP contribution >= 0.6 is 10.3 Å². The van der Waals surface area contributed by atoms with E-state index >= 15 is 0 Å². The molecule has 1 rings (SSSR count). The molecule has 4 heteroatoms. The van der Waals surface area contributed by atoms with Crippen molar-refractivity contribution in [2.75, 3.05) is 6.26 Å². The Morgan fingerprint density at radius 3 is 1.57 bits per heavy atom. The summed E-state index contributed by atoms with van der Waals surface area (Å²) in [5.74, 6) is 0. The molecule has 40 valence electrons. The molecule has 1 fully saturated rings. The number of carbonyl (C=O) groups excluding carboxylic acids is 2. The lowest BCUT2D eigenvalue weighted by Gasteiger charge is -1.88. The molecule has 0 atom stereocenters. The second-order valence-electron chi connectivity index (χ2n) is 1.45. The van der Waals surface area contributed by atoms with Gasteiger partial charge in [0.05, 0.1) is 0 Å². The number of hydrogen-bond donors (Lipinski definition) is 1. The standard InChI is InChI=1S/C3H4O3S/c1-7(6)2(4)3(7)5/h6H,1H3. The van der Waals surface area contributed by atoms with Gasteiger partial charge in [-0.15, -0.1) is 0 Å². The monoisotopic (exact) mass is 120 g/mol.